The summed E-state index contributed by atoms with van der Waals surface area (Å²) < 4.78 is 57.3. The van der Waals surface area contributed by atoms with E-state index >= 15 is 0 Å². The van der Waals surface area contributed by atoms with Crippen molar-refractivity contribution in [3.8, 4) is 0 Å². The van der Waals surface area contributed by atoms with E-state index in [2.05, 4.69) is 4.72 Å². The Morgan fingerprint density at radius 3 is 2.13 bits per heavy atom. The molecule has 0 heterocycles. The van der Waals surface area contributed by atoms with E-state index in [4.69, 9.17) is 0 Å². The van der Waals surface area contributed by atoms with Crippen LogP contribution in [-0.2, 0) is 16.9 Å². The van der Waals surface area contributed by atoms with Crippen molar-refractivity contribution >= 4 is 11.0 Å². The third-order valence-electron chi connectivity index (χ3n) is 3.44. The van der Waals surface area contributed by atoms with E-state index in [-0.39, 0.29) is 5.56 Å². The van der Waals surface area contributed by atoms with Crippen LogP contribution in [-0.4, -0.2) is 19.7 Å². The zero-order valence-corrected chi connectivity index (χ0v) is 15.0. The van der Waals surface area contributed by atoms with Gasteiger partial charge in [0.05, 0.1) is 21.3 Å². The maximum atomic E-state index is 14.6. The number of hydrogen-bond donors (Lipinski definition) is 2. The van der Waals surface area contributed by atoms with Crippen LogP contribution < -0.4 is 4.72 Å². The molecule has 0 amide bonds. The predicted octanol–water partition coefficient (Wildman–Crippen LogP) is 3.80. The number of nitrogens with one attached hydrogen (secondary N) is 1. The lowest BCUT2D eigenvalue weighted by Gasteiger charge is -2.30. The van der Waals surface area contributed by atoms with Gasteiger partial charge in [0, 0.05) is 11.6 Å². The topological polar surface area (TPSA) is 49.3 Å². The van der Waals surface area contributed by atoms with Crippen molar-refractivity contribution in [1.29, 1.82) is 0 Å². The second-order valence-electron chi connectivity index (χ2n) is 7.06. The monoisotopic (exact) mass is 351 g/mol. The van der Waals surface area contributed by atoms with Crippen LogP contribution in [0.3, 0.4) is 0 Å². The van der Waals surface area contributed by atoms with Gasteiger partial charge in [0.1, 0.15) is 11.4 Å². The van der Waals surface area contributed by atoms with Gasteiger partial charge in [-0.15, -0.1) is 0 Å². The first-order valence-corrected chi connectivity index (χ1v) is 8.41. The van der Waals surface area contributed by atoms with Crippen molar-refractivity contribution in [2.24, 2.45) is 0 Å². The lowest BCUT2D eigenvalue weighted by atomic mass is 9.91. The lowest BCUT2D eigenvalue weighted by Crippen LogP contribution is -2.41. The third kappa shape index (κ3) is 4.33. The molecule has 0 fully saturated rings. The van der Waals surface area contributed by atoms with Crippen LogP contribution >= 0.6 is 0 Å². The molecular weight excluding hydrogens is 327 g/mol. The van der Waals surface area contributed by atoms with E-state index in [1.165, 1.54) is 12.1 Å². The molecule has 132 valence electrons. The number of benzene rings is 1. The summed E-state index contributed by atoms with van der Waals surface area (Å²) in [6.45, 7) is 8.65. The molecular formula is C16H24F3NO2S. The average molecular weight is 351 g/mol. The number of aliphatic hydroxyl groups is 1. The Bertz CT molecular complexity index is 592. The first-order chi connectivity index (χ1) is 10.2. The minimum atomic E-state index is -3.75. The highest BCUT2D eigenvalue weighted by atomic mass is 32.2. The average Bonchev–Trinajstić information content (AvgIpc) is 2.35. The van der Waals surface area contributed by atoms with Gasteiger partial charge in [-0.05, 0) is 47.6 Å². The molecule has 0 spiro atoms. The maximum Gasteiger partial charge on any atom is 0.303 e. The van der Waals surface area contributed by atoms with E-state index in [0.717, 1.165) is 19.9 Å². The quantitative estimate of drug-likeness (QED) is 0.848. The number of hydrogen-bond acceptors (Lipinski definition) is 2. The summed E-state index contributed by atoms with van der Waals surface area (Å²) in [5.41, 5.74) is -3.31. The Balaban J connectivity index is 3.22. The highest BCUT2D eigenvalue weighted by molar-refractivity contribution is 7.84. The van der Waals surface area contributed by atoms with Crippen LogP contribution in [0.25, 0.3) is 0 Å². The molecule has 1 rings (SSSR count). The molecule has 0 aliphatic rings. The molecule has 0 aromatic heterocycles. The van der Waals surface area contributed by atoms with Crippen LogP contribution in [0.4, 0.5) is 13.2 Å². The number of alkyl halides is 2. The predicted molar refractivity (Wildman–Crippen MR) is 86.0 cm³/mol. The van der Waals surface area contributed by atoms with Gasteiger partial charge in [0.25, 0.3) is 0 Å². The molecule has 0 saturated carbocycles. The molecule has 0 radical (unpaired) electrons. The third-order valence-corrected chi connectivity index (χ3v) is 5.12. The Labute approximate surface area is 137 Å². The van der Waals surface area contributed by atoms with Gasteiger partial charge < -0.3 is 5.11 Å². The Morgan fingerprint density at radius 1 is 1.17 bits per heavy atom. The van der Waals surface area contributed by atoms with E-state index in [1.807, 2.05) is 0 Å². The molecule has 7 heteroatoms. The van der Waals surface area contributed by atoms with Crippen LogP contribution in [0, 0.1) is 5.82 Å². The van der Waals surface area contributed by atoms with Crippen molar-refractivity contribution < 1.29 is 22.5 Å². The van der Waals surface area contributed by atoms with Gasteiger partial charge in [-0.2, -0.15) is 8.78 Å². The molecule has 0 aliphatic carbocycles. The molecule has 2 atom stereocenters. The molecule has 0 aliphatic heterocycles. The fourth-order valence-electron chi connectivity index (χ4n) is 1.86. The smallest absolute Gasteiger partial charge is 0.303 e. The van der Waals surface area contributed by atoms with Crippen LogP contribution in [0.15, 0.2) is 18.2 Å². The summed E-state index contributed by atoms with van der Waals surface area (Å²) in [6.07, 6.45) is 0. The maximum absolute atomic E-state index is 14.6. The van der Waals surface area contributed by atoms with Crippen molar-refractivity contribution in [1.82, 2.24) is 4.72 Å². The van der Waals surface area contributed by atoms with Crippen LogP contribution in [0.1, 0.15) is 58.7 Å². The largest absolute Gasteiger partial charge is 0.384 e. The van der Waals surface area contributed by atoms with E-state index in [9.17, 15) is 22.5 Å². The van der Waals surface area contributed by atoms with Gasteiger partial charge in [-0.3, -0.25) is 0 Å². The standard InChI is InChI=1S/C16H24F3NO2S/c1-10(20-23(22)14(2,3)4)11-8-7-9-12(13(11)17)16(18,19)15(5,6)21/h7-10,20-21H,1-6H3/t10-,23?/m1/s1. The summed E-state index contributed by atoms with van der Waals surface area (Å²) in [5, 5.41) is 9.62. The molecule has 0 bridgehead atoms. The zero-order chi connectivity index (χ0) is 18.2. The van der Waals surface area contributed by atoms with Gasteiger partial charge in [-0.25, -0.2) is 13.3 Å². The summed E-state index contributed by atoms with van der Waals surface area (Å²) >= 11 is 0. The minimum Gasteiger partial charge on any atom is -0.384 e. The summed E-state index contributed by atoms with van der Waals surface area (Å²) in [6, 6.07) is 2.87. The SMILES string of the molecule is C[C@@H](NS(=O)C(C)(C)C)c1cccc(C(F)(F)C(C)(C)O)c1F. The van der Waals surface area contributed by atoms with Gasteiger partial charge >= 0.3 is 5.92 Å². The van der Waals surface area contributed by atoms with Crippen LogP contribution in [0.5, 0.6) is 0 Å². The molecule has 1 aromatic carbocycles. The number of halogens is 3. The Hall–Kier alpha value is -0.920. The molecule has 1 aromatic rings. The number of rotatable bonds is 5. The summed E-state index contributed by atoms with van der Waals surface area (Å²) in [7, 11) is -1.47. The fourth-order valence-corrected chi connectivity index (χ4v) is 2.66. The molecule has 2 N–H and O–H groups in total. The first kappa shape index (κ1) is 20.1. The van der Waals surface area contributed by atoms with Crippen LogP contribution in [0.2, 0.25) is 0 Å². The Morgan fingerprint density at radius 2 is 1.70 bits per heavy atom. The Kier molecular flexibility index (Phi) is 5.71. The van der Waals surface area contributed by atoms with Crippen molar-refractivity contribution in [3.63, 3.8) is 0 Å². The summed E-state index contributed by atoms with van der Waals surface area (Å²) in [5.74, 6) is -4.86. The van der Waals surface area contributed by atoms with E-state index in [1.54, 1.807) is 27.7 Å². The fraction of sp³-hybridized carbons (Fsp3) is 0.625. The van der Waals surface area contributed by atoms with Crippen molar-refractivity contribution in [2.45, 2.75) is 63.9 Å². The van der Waals surface area contributed by atoms with Gasteiger partial charge in [0.2, 0.25) is 0 Å². The second kappa shape index (κ2) is 6.53. The first-order valence-electron chi connectivity index (χ1n) is 7.26. The lowest BCUT2D eigenvalue weighted by molar-refractivity contribution is -0.170. The van der Waals surface area contributed by atoms with E-state index < -0.39 is 44.7 Å². The normalized spacial score (nSPS) is 16.3. The molecule has 1 unspecified atom stereocenters. The highest BCUT2D eigenvalue weighted by Crippen LogP contribution is 2.41. The zero-order valence-electron chi connectivity index (χ0n) is 14.2. The van der Waals surface area contributed by atoms with Gasteiger partial charge in [-0.1, -0.05) is 12.1 Å². The van der Waals surface area contributed by atoms with Gasteiger partial charge in [0.15, 0.2) is 0 Å². The highest BCUT2D eigenvalue weighted by Gasteiger charge is 2.49. The van der Waals surface area contributed by atoms with E-state index in [0.29, 0.717) is 0 Å². The minimum absolute atomic E-state index is 0.0241. The van der Waals surface area contributed by atoms with Crippen molar-refractivity contribution in [3.05, 3.63) is 35.1 Å². The van der Waals surface area contributed by atoms with Crippen molar-refractivity contribution in [2.75, 3.05) is 0 Å². The molecule has 23 heavy (non-hydrogen) atoms. The summed E-state index contributed by atoms with van der Waals surface area (Å²) in [4.78, 5) is 0. The second-order valence-corrected chi connectivity index (χ2v) is 9.06. The molecule has 3 nitrogen and oxygen atoms in total. The molecule has 0 saturated heterocycles.